The molecule has 0 rings (SSSR count). The van der Waals surface area contributed by atoms with Crippen LogP contribution in [0.1, 0.15) is 6.92 Å². The van der Waals surface area contributed by atoms with E-state index < -0.39 is 10.8 Å². The number of aliphatic imine (C=N–C) groups is 1. The third-order valence-electron chi connectivity index (χ3n) is 1.20. The lowest BCUT2D eigenvalue weighted by atomic mass is 10.5. The standard InChI is InChI=1S/C5H13N3O2S/c1-4(11(2)10)3-7-5(6)8-9/h4,9H,3H2,1-2H3,(H3,6,7,8). The van der Waals surface area contributed by atoms with Crippen LogP contribution in [0.15, 0.2) is 4.99 Å². The summed E-state index contributed by atoms with van der Waals surface area (Å²) in [5, 5.41) is 8.16. The van der Waals surface area contributed by atoms with Gasteiger partial charge in [0.05, 0.1) is 11.8 Å². The second-order valence-electron chi connectivity index (χ2n) is 2.15. The van der Waals surface area contributed by atoms with Crippen molar-refractivity contribution in [1.29, 1.82) is 0 Å². The second kappa shape index (κ2) is 5.09. The highest BCUT2D eigenvalue weighted by Gasteiger charge is 2.03. The zero-order valence-electron chi connectivity index (χ0n) is 6.57. The molecule has 0 aliphatic heterocycles. The van der Waals surface area contributed by atoms with Gasteiger partial charge in [-0.25, -0.2) is 5.48 Å². The van der Waals surface area contributed by atoms with Gasteiger partial charge in [-0.05, 0) is 6.92 Å². The summed E-state index contributed by atoms with van der Waals surface area (Å²) in [6, 6.07) is 0. The van der Waals surface area contributed by atoms with Crippen LogP contribution in [0.3, 0.4) is 0 Å². The predicted octanol–water partition coefficient (Wildman–Crippen LogP) is -0.953. The van der Waals surface area contributed by atoms with Crippen molar-refractivity contribution in [2.75, 3.05) is 12.8 Å². The van der Waals surface area contributed by atoms with Crippen molar-refractivity contribution >= 4 is 16.8 Å². The number of hydroxylamine groups is 1. The van der Waals surface area contributed by atoms with Gasteiger partial charge in [-0.3, -0.25) is 14.4 Å². The van der Waals surface area contributed by atoms with Crippen molar-refractivity contribution < 1.29 is 9.42 Å². The van der Waals surface area contributed by atoms with Gasteiger partial charge in [0.2, 0.25) is 5.96 Å². The van der Waals surface area contributed by atoms with Crippen molar-refractivity contribution in [2.45, 2.75) is 12.2 Å². The minimum absolute atomic E-state index is 0.0399. The van der Waals surface area contributed by atoms with Crippen LogP contribution >= 0.6 is 0 Å². The summed E-state index contributed by atoms with van der Waals surface area (Å²) < 4.78 is 10.8. The molecule has 0 radical (unpaired) electrons. The number of guanidine groups is 1. The fourth-order valence-electron chi connectivity index (χ4n) is 0.367. The monoisotopic (exact) mass is 179 g/mol. The smallest absolute Gasteiger partial charge is 0.212 e. The van der Waals surface area contributed by atoms with Gasteiger partial charge in [0.15, 0.2) is 0 Å². The lowest BCUT2D eigenvalue weighted by Gasteiger charge is -2.03. The van der Waals surface area contributed by atoms with Crippen molar-refractivity contribution in [1.82, 2.24) is 5.48 Å². The van der Waals surface area contributed by atoms with E-state index >= 15 is 0 Å². The maximum atomic E-state index is 10.8. The molecule has 0 saturated carbocycles. The molecule has 0 aliphatic rings. The highest BCUT2D eigenvalue weighted by atomic mass is 32.2. The summed E-state index contributed by atoms with van der Waals surface area (Å²) in [7, 11) is -0.901. The molecule has 4 N–H and O–H groups in total. The number of rotatable bonds is 3. The topological polar surface area (TPSA) is 87.7 Å². The van der Waals surface area contributed by atoms with E-state index in [1.165, 1.54) is 0 Å². The molecule has 0 aromatic rings. The molecular weight excluding hydrogens is 166 g/mol. The van der Waals surface area contributed by atoms with Gasteiger partial charge in [-0.15, -0.1) is 0 Å². The largest absolute Gasteiger partial charge is 0.368 e. The Morgan fingerprint density at radius 2 is 2.45 bits per heavy atom. The van der Waals surface area contributed by atoms with Crippen LogP contribution in [0.25, 0.3) is 0 Å². The first-order valence-corrected chi connectivity index (χ1v) is 4.72. The van der Waals surface area contributed by atoms with Crippen LogP contribution in [0, 0.1) is 0 Å². The molecule has 0 aromatic heterocycles. The van der Waals surface area contributed by atoms with Gasteiger partial charge in [-0.2, -0.15) is 0 Å². The molecule has 0 spiro atoms. The Kier molecular flexibility index (Phi) is 4.80. The minimum atomic E-state index is -0.901. The van der Waals surface area contributed by atoms with E-state index in [-0.39, 0.29) is 11.2 Å². The van der Waals surface area contributed by atoms with Crippen LogP contribution in [0.5, 0.6) is 0 Å². The molecule has 66 valence electrons. The molecule has 0 fully saturated rings. The van der Waals surface area contributed by atoms with Crippen molar-refractivity contribution in [3.63, 3.8) is 0 Å². The van der Waals surface area contributed by atoms with Crippen molar-refractivity contribution in [2.24, 2.45) is 10.7 Å². The SMILES string of the molecule is CC(CN=C(N)NO)S(C)=O. The van der Waals surface area contributed by atoms with Crippen molar-refractivity contribution in [3.05, 3.63) is 0 Å². The Bertz CT molecular complexity index is 171. The van der Waals surface area contributed by atoms with Gasteiger partial charge >= 0.3 is 0 Å². The van der Waals surface area contributed by atoms with Crippen LogP contribution < -0.4 is 11.2 Å². The first kappa shape index (κ1) is 10.4. The van der Waals surface area contributed by atoms with Crippen LogP contribution in [-0.2, 0) is 10.8 Å². The predicted molar refractivity (Wildman–Crippen MR) is 44.9 cm³/mol. The van der Waals surface area contributed by atoms with E-state index in [1.807, 2.05) is 0 Å². The molecule has 2 unspecified atom stereocenters. The number of nitrogens with zero attached hydrogens (tertiary/aromatic N) is 1. The molecule has 2 atom stereocenters. The molecule has 0 heterocycles. The average Bonchev–Trinajstić information content (AvgIpc) is 1.99. The number of hydrogen-bond donors (Lipinski definition) is 3. The highest BCUT2D eigenvalue weighted by Crippen LogP contribution is 1.91. The normalized spacial score (nSPS) is 17.5. The van der Waals surface area contributed by atoms with E-state index in [9.17, 15) is 4.21 Å². The van der Waals surface area contributed by atoms with E-state index in [1.54, 1.807) is 18.7 Å². The minimum Gasteiger partial charge on any atom is -0.368 e. The summed E-state index contributed by atoms with van der Waals surface area (Å²) in [5.41, 5.74) is 6.80. The highest BCUT2D eigenvalue weighted by molar-refractivity contribution is 7.84. The lowest BCUT2D eigenvalue weighted by molar-refractivity contribution is 0.232. The quantitative estimate of drug-likeness (QED) is 0.296. The molecule has 0 aliphatic carbocycles. The van der Waals surface area contributed by atoms with Crippen LogP contribution in [0.2, 0.25) is 0 Å². The lowest BCUT2D eigenvalue weighted by Crippen LogP contribution is -2.29. The van der Waals surface area contributed by atoms with Gasteiger partial charge in [0.1, 0.15) is 0 Å². The van der Waals surface area contributed by atoms with Gasteiger partial charge in [0.25, 0.3) is 0 Å². The van der Waals surface area contributed by atoms with E-state index in [4.69, 9.17) is 10.9 Å². The average molecular weight is 179 g/mol. The molecule has 0 amide bonds. The van der Waals surface area contributed by atoms with E-state index in [2.05, 4.69) is 4.99 Å². The Balaban J connectivity index is 3.78. The number of hydrogen-bond acceptors (Lipinski definition) is 3. The Hall–Kier alpha value is -0.620. The third kappa shape index (κ3) is 4.74. The van der Waals surface area contributed by atoms with Crippen LogP contribution in [0.4, 0.5) is 0 Å². The third-order valence-corrected chi connectivity index (χ3v) is 2.48. The van der Waals surface area contributed by atoms with Gasteiger partial charge in [-0.1, -0.05) is 0 Å². The molecule has 6 heteroatoms. The Labute approximate surface area is 68.1 Å². The molecule has 0 saturated heterocycles. The van der Waals surface area contributed by atoms with Gasteiger partial charge in [0, 0.05) is 17.1 Å². The molecule has 11 heavy (non-hydrogen) atoms. The Morgan fingerprint density at radius 1 is 1.91 bits per heavy atom. The fraction of sp³-hybridized carbons (Fsp3) is 0.800. The molecule has 0 bridgehead atoms. The first-order chi connectivity index (χ1) is 5.07. The maximum Gasteiger partial charge on any atom is 0.212 e. The summed E-state index contributed by atoms with van der Waals surface area (Å²) in [6.45, 7) is 2.15. The van der Waals surface area contributed by atoms with E-state index in [0.29, 0.717) is 6.54 Å². The summed E-state index contributed by atoms with van der Waals surface area (Å²) >= 11 is 0. The van der Waals surface area contributed by atoms with Crippen LogP contribution in [-0.4, -0.2) is 33.4 Å². The maximum absolute atomic E-state index is 10.8. The number of nitrogens with two attached hydrogens (primary N) is 1. The molecule has 5 nitrogen and oxygen atoms in total. The second-order valence-corrected chi connectivity index (χ2v) is 3.95. The number of nitrogens with one attached hydrogen (secondary N) is 1. The van der Waals surface area contributed by atoms with Crippen molar-refractivity contribution in [3.8, 4) is 0 Å². The Morgan fingerprint density at radius 3 is 2.82 bits per heavy atom. The summed E-state index contributed by atoms with van der Waals surface area (Å²) in [4.78, 5) is 3.70. The summed E-state index contributed by atoms with van der Waals surface area (Å²) in [6.07, 6.45) is 1.60. The molecular formula is C5H13N3O2S. The zero-order valence-corrected chi connectivity index (χ0v) is 7.39. The van der Waals surface area contributed by atoms with E-state index in [0.717, 1.165) is 0 Å². The zero-order chi connectivity index (χ0) is 8.85. The van der Waals surface area contributed by atoms with Gasteiger partial charge < -0.3 is 5.73 Å². The summed E-state index contributed by atoms with van der Waals surface area (Å²) in [5.74, 6) is -0.0534. The fourth-order valence-corrected chi connectivity index (χ4v) is 0.652. The first-order valence-electron chi connectivity index (χ1n) is 3.10. The molecule has 0 aromatic carbocycles.